The summed E-state index contributed by atoms with van der Waals surface area (Å²) in [4.78, 5) is 17.6. The van der Waals surface area contributed by atoms with Crippen LogP contribution in [0.5, 0.6) is 5.75 Å². The minimum atomic E-state index is -0.408. The molecule has 1 amide bonds. The van der Waals surface area contributed by atoms with Gasteiger partial charge in [-0.3, -0.25) is 4.79 Å². The molecule has 0 aromatic heterocycles. The smallest absolute Gasteiger partial charge is 0.243 e. The average molecular weight is 480 g/mol. The lowest BCUT2D eigenvalue weighted by atomic mass is 10.1. The van der Waals surface area contributed by atoms with Crippen LogP contribution in [0.25, 0.3) is 0 Å². The maximum Gasteiger partial charge on any atom is 0.243 e. The number of nitrogens with zero attached hydrogens (tertiary/aromatic N) is 2. The van der Waals surface area contributed by atoms with Gasteiger partial charge in [-0.1, -0.05) is 19.4 Å². The molecule has 0 aliphatic rings. The van der Waals surface area contributed by atoms with Crippen LogP contribution in [0.15, 0.2) is 23.2 Å². The Balaban J connectivity index is 0.00000625. The first-order chi connectivity index (χ1) is 11.9. The number of carbonyl (C=O) groups is 1. The first-order valence-corrected chi connectivity index (χ1v) is 8.47. The number of rotatable bonds is 8. The molecule has 1 rings (SSSR count). The highest BCUT2D eigenvalue weighted by molar-refractivity contribution is 14.0. The number of aliphatic imine (C=N–C) groups is 1. The van der Waals surface area contributed by atoms with Crippen molar-refractivity contribution in [3.05, 3.63) is 29.6 Å². The molecule has 8 heteroatoms. The van der Waals surface area contributed by atoms with Crippen LogP contribution in [-0.4, -0.2) is 51.1 Å². The Labute approximate surface area is 172 Å². The van der Waals surface area contributed by atoms with Gasteiger partial charge in [0.05, 0.1) is 13.2 Å². The van der Waals surface area contributed by atoms with Gasteiger partial charge in [0.2, 0.25) is 5.91 Å². The number of nitrogens with one attached hydrogen (secondary N) is 2. The lowest BCUT2D eigenvalue weighted by Gasteiger charge is -2.19. The van der Waals surface area contributed by atoms with Crippen LogP contribution in [-0.2, 0) is 4.79 Å². The summed E-state index contributed by atoms with van der Waals surface area (Å²) in [6.07, 6.45) is 2.05. The maximum atomic E-state index is 13.9. The van der Waals surface area contributed by atoms with Gasteiger partial charge in [0.15, 0.2) is 17.5 Å². The molecule has 148 valence electrons. The number of guanidine groups is 1. The number of hydrogen-bond donors (Lipinski definition) is 2. The van der Waals surface area contributed by atoms with Gasteiger partial charge in [0, 0.05) is 20.6 Å². The molecule has 26 heavy (non-hydrogen) atoms. The van der Waals surface area contributed by atoms with Crippen molar-refractivity contribution < 1.29 is 13.9 Å². The quantitative estimate of drug-likeness (QED) is 0.260. The summed E-state index contributed by atoms with van der Waals surface area (Å²) in [6.45, 7) is 4.82. The van der Waals surface area contributed by atoms with Gasteiger partial charge >= 0.3 is 0 Å². The highest BCUT2D eigenvalue weighted by Gasteiger charge is 2.12. The Bertz CT molecular complexity index is 597. The van der Waals surface area contributed by atoms with Gasteiger partial charge in [-0.05, 0) is 31.0 Å². The average Bonchev–Trinajstić information content (AvgIpc) is 2.58. The number of benzene rings is 1. The van der Waals surface area contributed by atoms with Crippen LogP contribution in [0.2, 0.25) is 0 Å². The van der Waals surface area contributed by atoms with Crippen LogP contribution < -0.4 is 15.4 Å². The molecule has 0 aliphatic heterocycles. The Morgan fingerprint density at radius 1 is 1.38 bits per heavy atom. The van der Waals surface area contributed by atoms with Gasteiger partial charge in [-0.2, -0.15) is 0 Å². The Morgan fingerprint density at radius 3 is 2.62 bits per heavy atom. The fraction of sp³-hybridized carbons (Fsp3) is 0.556. The molecular formula is C18H30FIN4O2. The SMILES string of the molecule is CCCCNC(=NCC(=O)N(C)C)NC(C)c1ccc(OC)c(F)c1.I. The number of carbonyl (C=O) groups excluding carboxylic acids is 1. The van der Waals surface area contributed by atoms with Gasteiger partial charge in [-0.15, -0.1) is 24.0 Å². The Morgan fingerprint density at radius 2 is 2.08 bits per heavy atom. The summed E-state index contributed by atoms with van der Waals surface area (Å²) in [7, 11) is 4.82. The molecule has 2 N–H and O–H groups in total. The molecule has 0 fully saturated rings. The molecule has 0 radical (unpaired) electrons. The molecule has 0 heterocycles. The van der Waals surface area contributed by atoms with Gasteiger partial charge in [0.1, 0.15) is 6.54 Å². The number of hydrogen-bond acceptors (Lipinski definition) is 3. The standard InChI is InChI=1S/C18H29FN4O2.HI/c1-6-7-10-20-18(21-12-17(24)23(3)4)22-13(2)14-8-9-16(25-5)15(19)11-14;/h8-9,11,13H,6-7,10,12H2,1-5H3,(H2,20,21,22);1H. The third kappa shape index (κ3) is 8.20. The molecule has 0 bridgehead atoms. The fourth-order valence-electron chi connectivity index (χ4n) is 2.06. The predicted molar refractivity (Wildman–Crippen MR) is 114 cm³/mol. The van der Waals surface area contributed by atoms with Crippen molar-refractivity contribution in [1.29, 1.82) is 0 Å². The summed E-state index contributed by atoms with van der Waals surface area (Å²) in [5, 5.41) is 6.41. The first kappa shape index (κ1) is 24.4. The summed E-state index contributed by atoms with van der Waals surface area (Å²) in [5.74, 6) is 0.253. The van der Waals surface area contributed by atoms with Crippen molar-refractivity contribution in [2.45, 2.75) is 32.7 Å². The van der Waals surface area contributed by atoms with E-state index in [0.717, 1.165) is 24.9 Å². The van der Waals surface area contributed by atoms with Crippen molar-refractivity contribution in [2.75, 3.05) is 34.3 Å². The molecule has 0 saturated carbocycles. The Hall–Kier alpha value is -1.58. The van der Waals surface area contributed by atoms with E-state index in [9.17, 15) is 9.18 Å². The number of ether oxygens (including phenoxy) is 1. The third-order valence-electron chi connectivity index (χ3n) is 3.72. The van der Waals surface area contributed by atoms with E-state index in [0.29, 0.717) is 5.96 Å². The number of likely N-dealkylation sites (N-methyl/N-ethyl adjacent to an activating group) is 1. The second-order valence-corrected chi connectivity index (χ2v) is 5.99. The lowest BCUT2D eigenvalue weighted by molar-refractivity contribution is -0.127. The lowest BCUT2D eigenvalue weighted by Crippen LogP contribution is -2.40. The molecule has 0 saturated heterocycles. The van der Waals surface area contributed by atoms with Crippen LogP contribution in [0.3, 0.4) is 0 Å². The molecular weight excluding hydrogens is 450 g/mol. The number of amides is 1. The minimum absolute atomic E-state index is 0. The van der Waals surface area contributed by atoms with Crippen molar-refractivity contribution in [3.63, 3.8) is 0 Å². The summed E-state index contributed by atoms with van der Waals surface area (Å²) < 4.78 is 18.8. The summed E-state index contributed by atoms with van der Waals surface area (Å²) >= 11 is 0. The van der Waals surface area contributed by atoms with E-state index in [-0.39, 0.29) is 48.2 Å². The van der Waals surface area contributed by atoms with Gasteiger partial charge in [-0.25, -0.2) is 9.38 Å². The predicted octanol–water partition coefficient (Wildman–Crippen LogP) is 2.94. The second kappa shape index (κ2) is 12.7. The van der Waals surface area contributed by atoms with E-state index in [1.165, 1.54) is 18.1 Å². The largest absolute Gasteiger partial charge is 0.494 e. The number of unbranched alkanes of at least 4 members (excludes halogenated alkanes) is 1. The van der Waals surface area contributed by atoms with Crippen LogP contribution in [0.4, 0.5) is 4.39 Å². The monoisotopic (exact) mass is 480 g/mol. The number of halogens is 2. The zero-order valence-electron chi connectivity index (χ0n) is 16.1. The molecule has 6 nitrogen and oxygen atoms in total. The highest BCUT2D eigenvalue weighted by Crippen LogP contribution is 2.21. The summed E-state index contributed by atoms with van der Waals surface area (Å²) in [6, 6.07) is 4.65. The van der Waals surface area contributed by atoms with E-state index in [2.05, 4.69) is 22.5 Å². The fourth-order valence-corrected chi connectivity index (χ4v) is 2.06. The van der Waals surface area contributed by atoms with Gasteiger partial charge in [0.25, 0.3) is 0 Å². The van der Waals surface area contributed by atoms with Gasteiger partial charge < -0.3 is 20.3 Å². The molecule has 1 aromatic carbocycles. The molecule has 0 aliphatic carbocycles. The van der Waals surface area contributed by atoms with E-state index in [1.54, 1.807) is 26.2 Å². The van der Waals surface area contributed by atoms with Crippen LogP contribution in [0, 0.1) is 5.82 Å². The van der Waals surface area contributed by atoms with Crippen molar-refractivity contribution >= 4 is 35.8 Å². The normalized spacial score (nSPS) is 12.0. The zero-order valence-corrected chi connectivity index (χ0v) is 18.5. The van der Waals surface area contributed by atoms with Crippen LogP contribution >= 0.6 is 24.0 Å². The molecule has 1 unspecified atom stereocenters. The second-order valence-electron chi connectivity index (χ2n) is 5.99. The number of methoxy groups -OCH3 is 1. The first-order valence-electron chi connectivity index (χ1n) is 8.47. The van der Waals surface area contributed by atoms with Crippen molar-refractivity contribution in [1.82, 2.24) is 15.5 Å². The van der Waals surface area contributed by atoms with E-state index in [4.69, 9.17) is 4.74 Å². The molecule has 0 spiro atoms. The van der Waals surface area contributed by atoms with E-state index < -0.39 is 5.82 Å². The van der Waals surface area contributed by atoms with Crippen LogP contribution in [0.1, 0.15) is 38.3 Å². The van der Waals surface area contributed by atoms with Crippen molar-refractivity contribution in [3.8, 4) is 5.75 Å². The highest BCUT2D eigenvalue weighted by atomic mass is 127. The molecule has 1 aromatic rings. The van der Waals surface area contributed by atoms with Crippen molar-refractivity contribution in [2.24, 2.45) is 4.99 Å². The Kier molecular flexibility index (Phi) is 11.9. The minimum Gasteiger partial charge on any atom is -0.494 e. The zero-order chi connectivity index (χ0) is 18.8. The van der Waals surface area contributed by atoms with E-state index in [1.807, 2.05) is 6.92 Å². The molecule has 1 atom stereocenters. The summed E-state index contributed by atoms with van der Waals surface area (Å²) in [5.41, 5.74) is 0.766. The maximum absolute atomic E-state index is 13.9. The third-order valence-corrected chi connectivity index (χ3v) is 3.72. The topological polar surface area (TPSA) is 66.0 Å². The van der Waals surface area contributed by atoms with E-state index >= 15 is 0 Å².